The Labute approximate surface area is 118 Å². The SMILES string of the molecule is CC1=C(CF)C(=O)CC(C)(C)C1(O)/C=C/C(C)=C\C=O. The quantitative estimate of drug-likeness (QED) is 0.489. The van der Waals surface area contributed by atoms with Crippen LogP contribution >= 0.6 is 0 Å². The number of ketones is 1. The first kappa shape index (κ1) is 16.5. The fourth-order valence-electron chi connectivity index (χ4n) is 2.53. The van der Waals surface area contributed by atoms with Crippen molar-refractivity contribution in [1.29, 1.82) is 0 Å². The third kappa shape index (κ3) is 2.80. The Morgan fingerprint density at radius 3 is 2.55 bits per heavy atom. The Balaban J connectivity index is 3.35. The highest BCUT2D eigenvalue weighted by atomic mass is 19.1. The smallest absolute Gasteiger partial charge is 0.162 e. The van der Waals surface area contributed by atoms with Gasteiger partial charge in [0.25, 0.3) is 0 Å². The minimum Gasteiger partial charge on any atom is -0.381 e. The van der Waals surface area contributed by atoms with Gasteiger partial charge in [0.2, 0.25) is 0 Å². The highest BCUT2D eigenvalue weighted by Gasteiger charge is 2.49. The molecule has 20 heavy (non-hydrogen) atoms. The normalized spacial score (nSPS) is 27.3. The Morgan fingerprint density at radius 1 is 1.45 bits per heavy atom. The van der Waals surface area contributed by atoms with Crippen molar-refractivity contribution in [3.63, 3.8) is 0 Å². The summed E-state index contributed by atoms with van der Waals surface area (Å²) < 4.78 is 13.0. The van der Waals surface area contributed by atoms with E-state index in [0.29, 0.717) is 17.4 Å². The predicted molar refractivity (Wildman–Crippen MR) is 76.0 cm³/mol. The zero-order valence-electron chi connectivity index (χ0n) is 12.4. The van der Waals surface area contributed by atoms with E-state index in [4.69, 9.17) is 0 Å². The summed E-state index contributed by atoms with van der Waals surface area (Å²) in [6.07, 6.45) is 5.27. The zero-order chi connectivity index (χ0) is 15.6. The third-order valence-corrected chi connectivity index (χ3v) is 4.05. The average Bonchev–Trinajstić information content (AvgIpc) is 2.34. The lowest BCUT2D eigenvalue weighted by Gasteiger charge is -2.45. The Kier molecular flexibility index (Phi) is 4.81. The highest BCUT2D eigenvalue weighted by molar-refractivity contribution is 5.98. The second-order valence-corrected chi connectivity index (χ2v) is 5.87. The zero-order valence-corrected chi connectivity index (χ0v) is 12.4. The summed E-state index contributed by atoms with van der Waals surface area (Å²) in [5, 5.41) is 10.9. The van der Waals surface area contributed by atoms with Crippen molar-refractivity contribution < 1.29 is 19.1 Å². The van der Waals surface area contributed by atoms with Gasteiger partial charge in [0.1, 0.15) is 18.6 Å². The van der Waals surface area contributed by atoms with Crippen LogP contribution in [0.15, 0.2) is 34.9 Å². The molecule has 0 aromatic heterocycles. The molecule has 4 heteroatoms. The van der Waals surface area contributed by atoms with Gasteiger partial charge in [0.15, 0.2) is 5.78 Å². The molecular formula is C16H21FO3. The van der Waals surface area contributed by atoms with Crippen LogP contribution in [0.25, 0.3) is 0 Å². The Morgan fingerprint density at radius 2 is 2.05 bits per heavy atom. The van der Waals surface area contributed by atoms with Gasteiger partial charge in [-0.25, -0.2) is 4.39 Å². The van der Waals surface area contributed by atoms with Crippen LogP contribution in [-0.2, 0) is 9.59 Å². The lowest BCUT2D eigenvalue weighted by Crippen LogP contribution is -2.49. The van der Waals surface area contributed by atoms with Gasteiger partial charge in [-0.1, -0.05) is 19.9 Å². The Hall–Kier alpha value is -1.55. The number of halogens is 1. The molecule has 0 spiro atoms. The fraction of sp³-hybridized carbons (Fsp3) is 0.500. The van der Waals surface area contributed by atoms with Crippen LogP contribution in [0, 0.1) is 5.41 Å². The molecule has 0 aliphatic heterocycles. The van der Waals surface area contributed by atoms with E-state index in [9.17, 15) is 19.1 Å². The first-order valence-electron chi connectivity index (χ1n) is 6.52. The molecule has 1 atom stereocenters. The van der Waals surface area contributed by atoms with Crippen molar-refractivity contribution in [3.05, 3.63) is 34.9 Å². The largest absolute Gasteiger partial charge is 0.381 e. The predicted octanol–water partition coefficient (Wildman–Crippen LogP) is 2.70. The first-order valence-corrected chi connectivity index (χ1v) is 6.52. The summed E-state index contributed by atoms with van der Waals surface area (Å²) in [7, 11) is 0. The second kappa shape index (κ2) is 5.83. The molecule has 0 heterocycles. The molecule has 1 unspecified atom stereocenters. The number of aliphatic hydroxyl groups is 1. The molecule has 1 rings (SSSR count). The minimum atomic E-state index is -1.40. The number of aldehydes is 1. The van der Waals surface area contributed by atoms with Crippen LogP contribution in [0.1, 0.15) is 34.1 Å². The molecule has 0 bridgehead atoms. The van der Waals surface area contributed by atoms with Gasteiger partial charge in [-0.15, -0.1) is 0 Å². The van der Waals surface area contributed by atoms with Gasteiger partial charge < -0.3 is 5.11 Å². The van der Waals surface area contributed by atoms with E-state index in [1.165, 1.54) is 6.08 Å². The number of hydrogen-bond donors (Lipinski definition) is 1. The van der Waals surface area contributed by atoms with E-state index in [2.05, 4.69) is 0 Å². The molecular weight excluding hydrogens is 259 g/mol. The van der Waals surface area contributed by atoms with E-state index < -0.39 is 17.7 Å². The molecule has 3 nitrogen and oxygen atoms in total. The van der Waals surface area contributed by atoms with Gasteiger partial charge in [-0.05, 0) is 37.1 Å². The van der Waals surface area contributed by atoms with Crippen molar-refractivity contribution in [2.75, 3.05) is 6.67 Å². The molecule has 1 aliphatic rings. The first-order chi connectivity index (χ1) is 9.19. The fourth-order valence-corrected chi connectivity index (χ4v) is 2.53. The van der Waals surface area contributed by atoms with Gasteiger partial charge in [0, 0.05) is 17.4 Å². The standard InChI is InChI=1S/C16H21FO3/c1-11(6-8-18)5-7-16(20)12(2)13(10-17)14(19)9-15(16,3)4/h5-8,20H,9-10H2,1-4H3/b7-5+,11-6-. The van der Waals surface area contributed by atoms with Crippen molar-refractivity contribution in [3.8, 4) is 0 Å². The van der Waals surface area contributed by atoms with Crippen LogP contribution in [0.4, 0.5) is 4.39 Å². The summed E-state index contributed by atoms with van der Waals surface area (Å²) in [6.45, 7) is 5.97. The van der Waals surface area contributed by atoms with E-state index in [-0.39, 0.29) is 17.8 Å². The number of rotatable bonds is 4. The molecule has 0 aromatic carbocycles. The maximum absolute atomic E-state index is 13.0. The van der Waals surface area contributed by atoms with E-state index in [1.807, 2.05) is 0 Å². The monoisotopic (exact) mass is 280 g/mol. The lowest BCUT2D eigenvalue weighted by molar-refractivity contribution is -0.123. The topological polar surface area (TPSA) is 54.4 Å². The summed E-state index contributed by atoms with van der Waals surface area (Å²) in [5.74, 6) is -0.256. The summed E-state index contributed by atoms with van der Waals surface area (Å²) >= 11 is 0. The number of Topliss-reactive ketones (excluding diaryl/α,β-unsaturated/α-hetero) is 1. The molecule has 0 fully saturated rings. The molecule has 0 amide bonds. The van der Waals surface area contributed by atoms with Crippen molar-refractivity contribution in [2.24, 2.45) is 5.41 Å². The average molecular weight is 280 g/mol. The molecule has 1 aliphatic carbocycles. The number of hydrogen-bond acceptors (Lipinski definition) is 3. The van der Waals surface area contributed by atoms with Crippen molar-refractivity contribution in [2.45, 2.75) is 39.7 Å². The molecule has 0 aromatic rings. The van der Waals surface area contributed by atoms with E-state index in [1.54, 1.807) is 39.8 Å². The van der Waals surface area contributed by atoms with Crippen LogP contribution < -0.4 is 0 Å². The molecule has 1 N–H and O–H groups in total. The molecule has 0 radical (unpaired) electrons. The van der Waals surface area contributed by atoms with Gasteiger partial charge in [-0.2, -0.15) is 0 Å². The molecule has 0 saturated heterocycles. The maximum Gasteiger partial charge on any atom is 0.162 e. The third-order valence-electron chi connectivity index (χ3n) is 4.05. The minimum absolute atomic E-state index is 0.0495. The molecule has 0 saturated carbocycles. The summed E-state index contributed by atoms with van der Waals surface area (Å²) in [6, 6.07) is 0. The van der Waals surface area contributed by atoms with E-state index >= 15 is 0 Å². The van der Waals surface area contributed by atoms with Crippen LogP contribution in [-0.4, -0.2) is 29.5 Å². The summed E-state index contributed by atoms with van der Waals surface area (Å²) in [5.41, 5.74) is -1.06. The number of carbonyl (C=O) groups excluding carboxylic acids is 2. The van der Waals surface area contributed by atoms with Gasteiger partial charge >= 0.3 is 0 Å². The number of alkyl halides is 1. The van der Waals surface area contributed by atoms with Crippen molar-refractivity contribution >= 4 is 12.1 Å². The van der Waals surface area contributed by atoms with Crippen LogP contribution in [0.2, 0.25) is 0 Å². The van der Waals surface area contributed by atoms with Gasteiger partial charge in [0.05, 0.1) is 0 Å². The Bertz CT molecular complexity index is 512. The highest BCUT2D eigenvalue weighted by Crippen LogP contribution is 2.46. The second-order valence-electron chi connectivity index (χ2n) is 5.87. The van der Waals surface area contributed by atoms with Crippen molar-refractivity contribution in [1.82, 2.24) is 0 Å². The lowest BCUT2D eigenvalue weighted by atomic mass is 9.62. The number of carbonyl (C=O) groups is 2. The van der Waals surface area contributed by atoms with E-state index in [0.717, 1.165) is 0 Å². The van der Waals surface area contributed by atoms with Gasteiger partial charge in [-0.3, -0.25) is 9.59 Å². The van der Waals surface area contributed by atoms with Crippen LogP contribution in [0.5, 0.6) is 0 Å². The maximum atomic E-state index is 13.0. The summed E-state index contributed by atoms with van der Waals surface area (Å²) in [4.78, 5) is 22.3. The molecule has 110 valence electrons. The number of allylic oxidation sites excluding steroid dienone is 4. The van der Waals surface area contributed by atoms with Crippen LogP contribution in [0.3, 0.4) is 0 Å².